The van der Waals surface area contributed by atoms with Crippen molar-refractivity contribution in [3.05, 3.63) is 23.7 Å². The van der Waals surface area contributed by atoms with Gasteiger partial charge in [0, 0.05) is 6.20 Å². The van der Waals surface area contributed by atoms with E-state index in [1.807, 2.05) is 0 Å². The van der Waals surface area contributed by atoms with Crippen LogP contribution in [0.25, 0.3) is 11.2 Å². The van der Waals surface area contributed by atoms with Crippen molar-refractivity contribution >= 4 is 23.2 Å². The molecule has 0 saturated carbocycles. The number of ether oxygens (including phenoxy) is 1. The molecule has 0 unspecified atom stereocenters. The number of aromatic carboxylic acids is 1. The van der Waals surface area contributed by atoms with Gasteiger partial charge in [0.25, 0.3) is 0 Å². The summed E-state index contributed by atoms with van der Waals surface area (Å²) in [6, 6.07) is 1.44. The molecule has 2 heterocycles. The minimum Gasteiger partial charge on any atom is -0.478 e. The molecule has 1 amide bonds. The molecule has 112 valence electrons. The number of aromatic amines is 1. The third-order valence-corrected chi connectivity index (χ3v) is 2.43. The van der Waals surface area contributed by atoms with E-state index in [2.05, 4.69) is 20.3 Å². The number of nitrogens with one attached hydrogen (secondary N) is 2. The van der Waals surface area contributed by atoms with Gasteiger partial charge in [-0.1, -0.05) is 0 Å². The Balaban J connectivity index is 2.06. The number of hydrogen-bond donors (Lipinski definition) is 3. The molecule has 0 bridgehead atoms. The lowest BCUT2D eigenvalue weighted by Crippen LogP contribution is -2.32. The van der Waals surface area contributed by atoms with E-state index in [1.54, 1.807) is 20.8 Å². The number of imidazole rings is 1. The maximum Gasteiger partial charge on any atom is 0.408 e. The van der Waals surface area contributed by atoms with E-state index in [9.17, 15) is 9.59 Å². The number of aromatic nitrogens is 3. The van der Waals surface area contributed by atoms with Crippen LogP contribution in [0.3, 0.4) is 0 Å². The first-order valence-corrected chi connectivity index (χ1v) is 6.29. The lowest BCUT2D eigenvalue weighted by molar-refractivity contribution is 0.0521. The number of carbonyl (C=O) groups is 2. The molecule has 2 rings (SSSR count). The van der Waals surface area contributed by atoms with Gasteiger partial charge in [0.1, 0.15) is 11.4 Å². The van der Waals surface area contributed by atoms with Gasteiger partial charge in [0.2, 0.25) is 0 Å². The van der Waals surface area contributed by atoms with E-state index in [-0.39, 0.29) is 12.1 Å². The van der Waals surface area contributed by atoms with Crippen LogP contribution in [0.15, 0.2) is 12.3 Å². The number of carboxylic acids is 1. The number of rotatable bonds is 3. The minimum atomic E-state index is -1.06. The van der Waals surface area contributed by atoms with Crippen molar-refractivity contribution in [2.75, 3.05) is 0 Å². The summed E-state index contributed by atoms with van der Waals surface area (Å²) in [5.41, 5.74) is 0.380. The number of alkyl carbamates (subject to hydrolysis) is 1. The molecular formula is C13H16N4O4. The van der Waals surface area contributed by atoms with Crippen molar-refractivity contribution in [3.63, 3.8) is 0 Å². The molecule has 0 aliphatic heterocycles. The Morgan fingerprint density at radius 2 is 2.14 bits per heavy atom. The molecule has 0 aliphatic rings. The first kappa shape index (κ1) is 14.8. The molecule has 0 atom stereocenters. The highest BCUT2D eigenvalue weighted by atomic mass is 16.6. The highest BCUT2D eigenvalue weighted by molar-refractivity contribution is 5.90. The Morgan fingerprint density at radius 1 is 1.43 bits per heavy atom. The molecule has 2 aromatic rings. The predicted molar refractivity (Wildman–Crippen MR) is 73.9 cm³/mol. The van der Waals surface area contributed by atoms with E-state index in [0.29, 0.717) is 17.0 Å². The Labute approximate surface area is 120 Å². The van der Waals surface area contributed by atoms with Gasteiger partial charge >= 0.3 is 12.1 Å². The van der Waals surface area contributed by atoms with Crippen molar-refractivity contribution in [2.24, 2.45) is 0 Å². The summed E-state index contributed by atoms with van der Waals surface area (Å²) in [5.74, 6) is -0.599. The second-order valence-corrected chi connectivity index (χ2v) is 5.44. The van der Waals surface area contributed by atoms with Crippen LogP contribution in [-0.4, -0.2) is 37.7 Å². The molecule has 0 aromatic carbocycles. The Kier molecular flexibility index (Phi) is 3.79. The normalized spacial score (nSPS) is 11.4. The van der Waals surface area contributed by atoms with E-state index in [1.165, 1.54) is 12.3 Å². The summed E-state index contributed by atoms with van der Waals surface area (Å²) in [4.78, 5) is 33.4. The van der Waals surface area contributed by atoms with Crippen molar-refractivity contribution < 1.29 is 19.4 Å². The summed E-state index contributed by atoms with van der Waals surface area (Å²) in [5, 5.41) is 11.4. The number of carbonyl (C=O) groups excluding carboxylic acids is 1. The lowest BCUT2D eigenvalue weighted by atomic mass is 10.2. The molecule has 0 radical (unpaired) electrons. The topological polar surface area (TPSA) is 117 Å². The van der Waals surface area contributed by atoms with Gasteiger partial charge in [0.15, 0.2) is 5.65 Å². The van der Waals surface area contributed by atoms with Gasteiger partial charge in [-0.2, -0.15) is 0 Å². The summed E-state index contributed by atoms with van der Waals surface area (Å²) in [7, 11) is 0. The van der Waals surface area contributed by atoms with Crippen LogP contribution in [-0.2, 0) is 11.3 Å². The van der Waals surface area contributed by atoms with E-state index >= 15 is 0 Å². The van der Waals surface area contributed by atoms with Crippen LogP contribution in [0, 0.1) is 0 Å². The van der Waals surface area contributed by atoms with Crippen LogP contribution in [0.5, 0.6) is 0 Å². The fraction of sp³-hybridized carbons (Fsp3) is 0.385. The van der Waals surface area contributed by atoms with Gasteiger partial charge < -0.3 is 20.1 Å². The van der Waals surface area contributed by atoms with Crippen molar-refractivity contribution in [1.29, 1.82) is 0 Å². The molecule has 8 heteroatoms. The zero-order chi connectivity index (χ0) is 15.6. The number of amides is 1. The number of nitrogens with zero attached hydrogens (tertiary/aromatic N) is 2. The molecule has 2 aromatic heterocycles. The maximum absolute atomic E-state index is 11.5. The Hall–Kier alpha value is -2.64. The zero-order valence-electron chi connectivity index (χ0n) is 11.9. The van der Waals surface area contributed by atoms with E-state index in [0.717, 1.165) is 0 Å². The highest BCUT2D eigenvalue weighted by Crippen LogP contribution is 2.11. The van der Waals surface area contributed by atoms with Crippen molar-refractivity contribution in [1.82, 2.24) is 20.3 Å². The molecule has 0 fully saturated rings. The molecule has 0 aliphatic carbocycles. The van der Waals surface area contributed by atoms with Crippen molar-refractivity contribution in [2.45, 2.75) is 32.9 Å². The van der Waals surface area contributed by atoms with Gasteiger partial charge in [-0.3, -0.25) is 0 Å². The fourth-order valence-corrected chi connectivity index (χ4v) is 1.62. The van der Waals surface area contributed by atoms with Crippen LogP contribution in [0.4, 0.5) is 4.79 Å². The average molecular weight is 292 g/mol. The third kappa shape index (κ3) is 3.91. The molecule has 0 saturated heterocycles. The van der Waals surface area contributed by atoms with Crippen LogP contribution < -0.4 is 5.32 Å². The van der Waals surface area contributed by atoms with Gasteiger partial charge in [-0.15, -0.1) is 0 Å². The second-order valence-electron chi connectivity index (χ2n) is 5.44. The number of H-pyrrole nitrogens is 1. The lowest BCUT2D eigenvalue weighted by Gasteiger charge is -2.19. The largest absolute Gasteiger partial charge is 0.478 e. The number of carboxylic acid groups (broad SMARTS) is 1. The van der Waals surface area contributed by atoms with Gasteiger partial charge in [-0.25, -0.2) is 19.6 Å². The molecule has 0 spiro atoms. The van der Waals surface area contributed by atoms with Gasteiger partial charge in [0.05, 0.1) is 17.6 Å². The number of fused-ring (bicyclic) bond motifs is 1. The molecule has 3 N–H and O–H groups in total. The van der Waals surface area contributed by atoms with Crippen molar-refractivity contribution in [3.8, 4) is 0 Å². The minimum absolute atomic E-state index is 0.0674. The van der Waals surface area contributed by atoms with Gasteiger partial charge in [-0.05, 0) is 26.8 Å². The first-order valence-electron chi connectivity index (χ1n) is 6.29. The molecule has 21 heavy (non-hydrogen) atoms. The van der Waals surface area contributed by atoms with Crippen LogP contribution in [0.2, 0.25) is 0 Å². The standard InChI is InChI=1S/C13H16N4O4/c1-13(2,3)21-12(20)15-6-9-16-8-4-7(11(18)19)5-14-10(8)17-9/h4-5H,6H2,1-3H3,(H,15,20)(H,18,19)(H,14,16,17). The fourth-order valence-electron chi connectivity index (χ4n) is 1.62. The predicted octanol–water partition coefficient (Wildman–Crippen LogP) is 1.68. The Morgan fingerprint density at radius 3 is 2.76 bits per heavy atom. The van der Waals surface area contributed by atoms with E-state index in [4.69, 9.17) is 9.84 Å². The molecular weight excluding hydrogens is 276 g/mol. The average Bonchev–Trinajstić information content (AvgIpc) is 2.75. The second kappa shape index (κ2) is 5.39. The highest BCUT2D eigenvalue weighted by Gasteiger charge is 2.16. The SMILES string of the molecule is CC(C)(C)OC(=O)NCc1nc2ncc(C(=O)O)cc2[nH]1. The quantitative estimate of drug-likeness (QED) is 0.792. The summed E-state index contributed by atoms with van der Waals surface area (Å²) >= 11 is 0. The van der Waals surface area contributed by atoms with Crippen LogP contribution >= 0.6 is 0 Å². The van der Waals surface area contributed by atoms with E-state index < -0.39 is 17.7 Å². The van der Waals surface area contributed by atoms with Crippen LogP contribution in [0.1, 0.15) is 37.0 Å². The summed E-state index contributed by atoms with van der Waals surface area (Å²) in [6.45, 7) is 5.44. The first-order chi connectivity index (χ1) is 9.74. The Bertz CT molecular complexity index is 687. The maximum atomic E-state index is 11.5. The number of pyridine rings is 1. The monoisotopic (exact) mass is 292 g/mol. The third-order valence-electron chi connectivity index (χ3n) is 2.43. The zero-order valence-corrected chi connectivity index (χ0v) is 11.9. The summed E-state index contributed by atoms with van der Waals surface area (Å²) in [6.07, 6.45) is 0.679. The summed E-state index contributed by atoms with van der Waals surface area (Å²) < 4.78 is 5.10. The smallest absolute Gasteiger partial charge is 0.408 e. The molecule has 8 nitrogen and oxygen atoms in total. The number of hydrogen-bond acceptors (Lipinski definition) is 5.